The molecule has 1 aromatic rings. The minimum absolute atomic E-state index is 0.247. The number of esters is 1. The van der Waals surface area contributed by atoms with Crippen molar-refractivity contribution in [3.05, 3.63) is 28.8 Å². The van der Waals surface area contributed by atoms with Gasteiger partial charge >= 0.3 is 5.97 Å². The number of thioether (sulfide) groups is 1. The normalized spacial score (nSPS) is 10.3. The highest BCUT2D eigenvalue weighted by molar-refractivity contribution is 8.00. The Hall–Kier alpha value is -0.710. The zero-order valence-corrected chi connectivity index (χ0v) is 11.5. The lowest BCUT2D eigenvalue weighted by Gasteiger charge is -2.07. The van der Waals surface area contributed by atoms with Crippen LogP contribution in [-0.2, 0) is 16.1 Å². The molecule has 1 aromatic carbocycles. The summed E-state index contributed by atoms with van der Waals surface area (Å²) in [5.74, 6) is 0.0331. The minimum Gasteiger partial charge on any atom is -0.468 e. The van der Waals surface area contributed by atoms with Crippen LogP contribution >= 0.6 is 23.4 Å². The second kappa shape index (κ2) is 7.58. The number of hydrogen-bond acceptors (Lipinski definition) is 4. The average molecular weight is 274 g/mol. The van der Waals surface area contributed by atoms with Crippen molar-refractivity contribution >= 4 is 29.3 Å². The van der Waals surface area contributed by atoms with Crippen molar-refractivity contribution in [2.45, 2.75) is 18.4 Å². The summed E-state index contributed by atoms with van der Waals surface area (Å²) in [6.07, 6.45) is 0. The molecule has 0 unspecified atom stereocenters. The van der Waals surface area contributed by atoms with E-state index in [0.717, 1.165) is 23.5 Å². The standard InChI is InChI=1S/C12H16ClNO2S/c1-3-14-7-9-4-5-11(10(13)6-9)17-8-12(15)16-2/h4-6,14H,3,7-8H2,1-2H3. The van der Waals surface area contributed by atoms with Gasteiger partial charge in [-0.05, 0) is 24.2 Å². The monoisotopic (exact) mass is 273 g/mol. The number of nitrogens with one attached hydrogen (secondary N) is 1. The highest BCUT2D eigenvalue weighted by atomic mass is 35.5. The first-order chi connectivity index (χ1) is 8.17. The lowest BCUT2D eigenvalue weighted by Crippen LogP contribution is -2.11. The van der Waals surface area contributed by atoms with Crippen molar-refractivity contribution in [1.29, 1.82) is 0 Å². The molecule has 0 fully saturated rings. The van der Waals surface area contributed by atoms with Crippen molar-refractivity contribution in [3.63, 3.8) is 0 Å². The molecule has 3 nitrogen and oxygen atoms in total. The van der Waals surface area contributed by atoms with Crippen molar-refractivity contribution in [1.82, 2.24) is 5.32 Å². The first kappa shape index (κ1) is 14.4. The summed E-state index contributed by atoms with van der Waals surface area (Å²) < 4.78 is 4.58. The van der Waals surface area contributed by atoms with Crippen molar-refractivity contribution in [3.8, 4) is 0 Å². The van der Waals surface area contributed by atoms with Gasteiger partial charge in [0.15, 0.2) is 0 Å². The summed E-state index contributed by atoms with van der Waals surface area (Å²) >= 11 is 7.52. The van der Waals surface area contributed by atoms with Gasteiger partial charge in [0.1, 0.15) is 0 Å². The molecule has 0 aliphatic heterocycles. The summed E-state index contributed by atoms with van der Waals surface area (Å²) in [5.41, 5.74) is 1.14. The van der Waals surface area contributed by atoms with Crippen LogP contribution in [0.3, 0.4) is 0 Å². The Morgan fingerprint density at radius 1 is 1.53 bits per heavy atom. The van der Waals surface area contributed by atoms with E-state index in [1.54, 1.807) is 0 Å². The van der Waals surface area contributed by atoms with E-state index in [2.05, 4.69) is 17.0 Å². The lowest BCUT2D eigenvalue weighted by molar-refractivity contribution is -0.137. The molecule has 17 heavy (non-hydrogen) atoms. The second-order valence-electron chi connectivity index (χ2n) is 3.41. The third-order valence-corrected chi connectivity index (χ3v) is 3.62. The van der Waals surface area contributed by atoms with Gasteiger partial charge in [-0.3, -0.25) is 4.79 Å². The highest BCUT2D eigenvalue weighted by Crippen LogP contribution is 2.28. The molecule has 0 atom stereocenters. The third kappa shape index (κ3) is 4.98. The molecule has 5 heteroatoms. The van der Waals surface area contributed by atoms with Crippen LogP contribution in [0.4, 0.5) is 0 Å². The maximum atomic E-state index is 11.0. The number of carbonyl (C=O) groups excluding carboxylic acids is 1. The zero-order valence-electron chi connectivity index (χ0n) is 9.96. The molecule has 0 radical (unpaired) electrons. The number of rotatable bonds is 6. The van der Waals surface area contributed by atoms with Crippen LogP contribution in [0.1, 0.15) is 12.5 Å². The fraction of sp³-hybridized carbons (Fsp3) is 0.417. The van der Waals surface area contributed by atoms with Crippen LogP contribution in [0.2, 0.25) is 5.02 Å². The number of methoxy groups -OCH3 is 1. The molecule has 0 aliphatic carbocycles. The van der Waals surface area contributed by atoms with E-state index in [1.165, 1.54) is 18.9 Å². The quantitative estimate of drug-likeness (QED) is 0.639. The third-order valence-electron chi connectivity index (χ3n) is 2.15. The first-order valence-corrected chi connectivity index (χ1v) is 6.72. The molecule has 0 bridgehead atoms. The fourth-order valence-corrected chi connectivity index (χ4v) is 2.36. The predicted molar refractivity (Wildman–Crippen MR) is 71.6 cm³/mol. The van der Waals surface area contributed by atoms with E-state index in [0.29, 0.717) is 5.02 Å². The van der Waals surface area contributed by atoms with Crippen LogP contribution in [0.5, 0.6) is 0 Å². The number of ether oxygens (including phenoxy) is 1. The molecule has 0 saturated heterocycles. The summed E-state index contributed by atoms with van der Waals surface area (Å²) in [7, 11) is 1.38. The van der Waals surface area contributed by atoms with Gasteiger partial charge in [0, 0.05) is 11.4 Å². The summed E-state index contributed by atoms with van der Waals surface area (Å²) in [4.78, 5) is 11.9. The Kier molecular flexibility index (Phi) is 6.40. The smallest absolute Gasteiger partial charge is 0.315 e. The van der Waals surface area contributed by atoms with Crippen molar-refractivity contribution < 1.29 is 9.53 Å². The summed E-state index contributed by atoms with van der Waals surface area (Å²) in [5, 5.41) is 3.91. The molecule has 0 heterocycles. The molecule has 0 amide bonds. The number of carbonyl (C=O) groups is 1. The van der Waals surface area contributed by atoms with Crippen molar-refractivity contribution in [2.75, 3.05) is 19.4 Å². The number of halogens is 1. The van der Waals surface area contributed by atoms with Gasteiger partial charge in [0.05, 0.1) is 17.9 Å². The van der Waals surface area contributed by atoms with E-state index in [9.17, 15) is 4.79 Å². The lowest BCUT2D eigenvalue weighted by atomic mass is 10.2. The SMILES string of the molecule is CCNCc1ccc(SCC(=O)OC)c(Cl)c1. The van der Waals surface area contributed by atoms with E-state index >= 15 is 0 Å². The molecule has 0 saturated carbocycles. The Morgan fingerprint density at radius 3 is 2.88 bits per heavy atom. The first-order valence-electron chi connectivity index (χ1n) is 5.36. The summed E-state index contributed by atoms with van der Waals surface area (Å²) in [6, 6.07) is 5.86. The molecule has 0 spiro atoms. The maximum absolute atomic E-state index is 11.0. The Morgan fingerprint density at radius 2 is 2.29 bits per heavy atom. The van der Waals surface area contributed by atoms with Crippen molar-refractivity contribution in [2.24, 2.45) is 0 Å². The van der Waals surface area contributed by atoms with E-state index < -0.39 is 0 Å². The molecule has 0 aromatic heterocycles. The van der Waals surface area contributed by atoms with Crippen LogP contribution in [0.25, 0.3) is 0 Å². The van der Waals surface area contributed by atoms with Gasteiger partial charge in [-0.15, -0.1) is 11.8 Å². The predicted octanol–water partition coefficient (Wildman–Crippen LogP) is 2.71. The van der Waals surface area contributed by atoms with Gasteiger partial charge in [0.2, 0.25) is 0 Å². The van der Waals surface area contributed by atoms with E-state index in [1.807, 2.05) is 18.2 Å². The fourth-order valence-electron chi connectivity index (χ4n) is 1.24. The van der Waals surface area contributed by atoms with Gasteiger partial charge in [-0.2, -0.15) is 0 Å². The van der Waals surface area contributed by atoms with E-state index in [-0.39, 0.29) is 11.7 Å². The molecular weight excluding hydrogens is 258 g/mol. The minimum atomic E-state index is -0.247. The van der Waals surface area contributed by atoms with Crippen LogP contribution in [-0.4, -0.2) is 25.4 Å². The molecule has 94 valence electrons. The molecule has 0 aliphatic rings. The van der Waals surface area contributed by atoms with Crippen LogP contribution in [0, 0.1) is 0 Å². The molecular formula is C12H16ClNO2S. The Balaban J connectivity index is 2.59. The Bertz CT molecular complexity index is 385. The topological polar surface area (TPSA) is 38.3 Å². The van der Waals surface area contributed by atoms with Gasteiger partial charge in [-0.1, -0.05) is 24.6 Å². The van der Waals surface area contributed by atoms with E-state index in [4.69, 9.17) is 11.6 Å². The van der Waals surface area contributed by atoms with Crippen LogP contribution in [0.15, 0.2) is 23.1 Å². The molecule has 1 N–H and O–H groups in total. The average Bonchev–Trinajstić information content (AvgIpc) is 2.34. The zero-order chi connectivity index (χ0) is 12.7. The summed E-state index contributed by atoms with van der Waals surface area (Å²) in [6.45, 7) is 3.79. The van der Waals surface area contributed by atoms with Gasteiger partial charge < -0.3 is 10.1 Å². The highest BCUT2D eigenvalue weighted by Gasteiger charge is 2.06. The second-order valence-corrected chi connectivity index (χ2v) is 4.83. The number of hydrogen-bond donors (Lipinski definition) is 1. The van der Waals surface area contributed by atoms with Gasteiger partial charge in [-0.25, -0.2) is 0 Å². The number of benzene rings is 1. The van der Waals surface area contributed by atoms with Gasteiger partial charge in [0.25, 0.3) is 0 Å². The maximum Gasteiger partial charge on any atom is 0.315 e. The Labute approximate surface area is 111 Å². The van der Waals surface area contributed by atoms with Crippen LogP contribution < -0.4 is 5.32 Å². The largest absolute Gasteiger partial charge is 0.468 e. The molecule has 1 rings (SSSR count).